The van der Waals surface area contributed by atoms with Gasteiger partial charge in [-0.25, -0.2) is 8.42 Å². The average molecular weight is 390 g/mol. The van der Waals surface area contributed by atoms with Gasteiger partial charge in [0.1, 0.15) is 9.96 Å². The van der Waals surface area contributed by atoms with Crippen LogP contribution in [0.3, 0.4) is 0 Å². The molecule has 0 atom stereocenters. The zero-order valence-electron chi connectivity index (χ0n) is 12.0. The Kier molecular flexibility index (Phi) is 5.08. The number of aryl methyl sites for hydroxylation is 1. The summed E-state index contributed by atoms with van der Waals surface area (Å²) in [5.74, 6) is 0.683. The lowest BCUT2D eigenvalue weighted by molar-refractivity contribution is 0.398. The fourth-order valence-corrected chi connectivity index (χ4v) is 5.46. The number of thiophene rings is 1. The van der Waals surface area contributed by atoms with E-state index in [1.54, 1.807) is 20.2 Å². The van der Waals surface area contributed by atoms with Gasteiger partial charge in [0.15, 0.2) is 0 Å². The molecule has 0 bridgehead atoms. The molecule has 0 aliphatic heterocycles. The van der Waals surface area contributed by atoms with Gasteiger partial charge in [0.2, 0.25) is 0 Å². The highest BCUT2D eigenvalue weighted by molar-refractivity contribution is 9.11. The molecule has 0 unspecified atom stereocenters. The molecule has 1 aromatic carbocycles. The number of rotatable bonds is 5. The monoisotopic (exact) mass is 389 g/mol. The van der Waals surface area contributed by atoms with Crippen LogP contribution in [-0.2, 0) is 16.6 Å². The lowest BCUT2D eigenvalue weighted by Gasteiger charge is -2.17. The van der Waals surface area contributed by atoms with Crippen LogP contribution in [0.5, 0.6) is 5.75 Å². The number of hydrogen-bond acceptors (Lipinski definition) is 4. The first kappa shape index (κ1) is 16.5. The molecule has 21 heavy (non-hydrogen) atoms. The molecule has 114 valence electrons. The third-order valence-corrected chi connectivity index (χ3v) is 7.47. The van der Waals surface area contributed by atoms with Crippen molar-refractivity contribution in [2.75, 3.05) is 14.2 Å². The fourth-order valence-electron chi connectivity index (χ4n) is 1.87. The molecule has 0 spiro atoms. The second kappa shape index (κ2) is 6.48. The van der Waals surface area contributed by atoms with Gasteiger partial charge in [0.05, 0.1) is 10.9 Å². The van der Waals surface area contributed by atoms with Crippen LogP contribution >= 0.6 is 27.3 Å². The zero-order valence-corrected chi connectivity index (χ0v) is 15.2. The Labute approximate surface area is 137 Å². The molecule has 0 fully saturated rings. The Morgan fingerprint density at radius 1 is 1.33 bits per heavy atom. The lowest BCUT2D eigenvalue weighted by Crippen LogP contribution is -2.26. The van der Waals surface area contributed by atoms with Crippen molar-refractivity contribution in [2.24, 2.45) is 0 Å². The normalized spacial score (nSPS) is 11.9. The van der Waals surface area contributed by atoms with Crippen LogP contribution in [0, 0.1) is 6.92 Å². The van der Waals surface area contributed by atoms with Crippen molar-refractivity contribution in [2.45, 2.75) is 17.7 Å². The molecule has 0 aliphatic rings. The fraction of sp³-hybridized carbons (Fsp3) is 0.286. The van der Waals surface area contributed by atoms with Crippen LogP contribution in [-0.4, -0.2) is 26.9 Å². The first-order valence-electron chi connectivity index (χ1n) is 6.20. The van der Waals surface area contributed by atoms with E-state index >= 15 is 0 Å². The minimum atomic E-state index is -3.50. The summed E-state index contributed by atoms with van der Waals surface area (Å²) in [4.78, 5) is 0. The van der Waals surface area contributed by atoms with Crippen LogP contribution in [0.1, 0.15) is 11.1 Å². The predicted octanol–water partition coefficient (Wildman–Crippen LogP) is 3.65. The van der Waals surface area contributed by atoms with E-state index in [0.717, 1.165) is 14.9 Å². The molecule has 0 radical (unpaired) electrons. The van der Waals surface area contributed by atoms with Crippen molar-refractivity contribution in [1.29, 1.82) is 0 Å². The minimum Gasteiger partial charge on any atom is -0.496 e. The molecule has 0 saturated carbocycles. The van der Waals surface area contributed by atoms with E-state index in [1.165, 1.54) is 15.6 Å². The summed E-state index contributed by atoms with van der Waals surface area (Å²) < 4.78 is 32.9. The molecule has 1 heterocycles. The van der Waals surface area contributed by atoms with E-state index in [2.05, 4.69) is 15.9 Å². The van der Waals surface area contributed by atoms with Crippen LogP contribution in [0.25, 0.3) is 0 Å². The standard InChI is InChI=1S/C14H16BrNO3S2/c1-10-8-13(20-14(10)15)21(17,18)16(2)9-11-6-4-5-7-12(11)19-3/h4-8H,9H2,1-3H3. The van der Waals surface area contributed by atoms with E-state index in [0.29, 0.717) is 9.96 Å². The van der Waals surface area contributed by atoms with E-state index in [1.807, 2.05) is 31.2 Å². The van der Waals surface area contributed by atoms with Crippen LogP contribution in [0.15, 0.2) is 38.3 Å². The highest BCUT2D eigenvalue weighted by Gasteiger charge is 2.24. The van der Waals surface area contributed by atoms with Crippen molar-refractivity contribution in [1.82, 2.24) is 4.31 Å². The van der Waals surface area contributed by atoms with Gasteiger partial charge in [-0.15, -0.1) is 11.3 Å². The quantitative estimate of drug-likeness (QED) is 0.783. The maximum absolute atomic E-state index is 12.6. The van der Waals surface area contributed by atoms with E-state index < -0.39 is 10.0 Å². The largest absolute Gasteiger partial charge is 0.496 e. The number of hydrogen-bond donors (Lipinski definition) is 0. The summed E-state index contributed by atoms with van der Waals surface area (Å²) in [6, 6.07) is 9.09. The number of para-hydroxylation sites is 1. The number of halogens is 1. The van der Waals surface area contributed by atoms with E-state index in [9.17, 15) is 8.42 Å². The maximum Gasteiger partial charge on any atom is 0.252 e. The van der Waals surface area contributed by atoms with Gasteiger partial charge in [-0.05, 0) is 40.5 Å². The predicted molar refractivity (Wildman–Crippen MR) is 88.4 cm³/mol. The number of nitrogens with zero attached hydrogens (tertiary/aromatic N) is 1. The third kappa shape index (κ3) is 3.48. The summed E-state index contributed by atoms with van der Waals surface area (Å²) in [5, 5.41) is 0. The Morgan fingerprint density at radius 2 is 2.00 bits per heavy atom. The van der Waals surface area contributed by atoms with E-state index in [-0.39, 0.29) is 6.54 Å². The topological polar surface area (TPSA) is 46.6 Å². The highest BCUT2D eigenvalue weighted by atomic mass is 79.9. The van der Waals surface area contributed by atoms with Crippen LogP contribution < -0.4 is 4.74 Å². The Hall–Kier alpha value is -0.890. The van der Waals surface area contributed by atoms with Gasteiger partial charge in [0, 0.05) is 19.2 Å². The summed E-state index contributed by atoms with van der Waals surface area (Å²) in [6.07, 6.45) is 0. The Morgan fingerprint density at radius 3 is 2.57 bits per heavy atom. The maximum atomic E-state index is 12.6. The molecule has 0 aliphatic carbocycles. The summed E-state index contributed by atoms with van der Waals surface area (Å²) in [5.41, 5.74) is 1.75. The van der Waals surface area contributed by atoms with Crippen molar-refractivity contribution in [3.05, 3.63) is 45.2 Å². The molecule has 2 aromatic rings. The van der Waals surface area contributed by atoms with Gasteiger partial charge >= 0.3 is 0 Å². The number of ether oxygens (including phenoxy) is 1. The molecule has 7 heteroatoms. The van der Waals surface area contributed by atoms with Gasteiger partial charge in [-0.2, -0.15) is 4.31 Å². The average Bonchev–Trinajstić information content (AvgIpc) is 2.80. The summed E-state index contributed by atoms with van der Waals surface area (Å²) in [6.45, 7) is 2.14. The molecule has 0 amide bonds. The van der Waals surface area contributed by atoms with Crippen molar-refractivity contribution in [3.63, 3.8) is 0 Å². The smallest absolute Gasteiger partial charge is 0.252 e. The summed E-state index contributed by atoms with van der Waals surface area (Å²) in [7, 11) is -0.347. The van der Waals surface area contributed by atoms with Gasteiger partial charge < -0.3 is 4.74 Å². The number of sulfonamides is 1. The van der Waals surface area contributed by atoms with Gasteiger partial charge in [-0.1, -0.05) is 18.2 Å². The third-order valence-electron chi connectivity index (χ3n) is 3.08. The molecular formula is C14H16BrNO3S2. The van der Waals surface area contributed by atoms with Crippen molar-refractivity contribution < 1.29 is 13.2 Å². The van der Waals surface area contributed by atoms with Crippen LogP contribution in [0.2, 0.25) is 0 Å². The zero-order chi connectivity index (χ0) is 15.6. The molecule has 0 N–H and O–H groups in total. The Bertz CT molecular complexity index is 721. The van der Waals surface area contributed by atoms with E-state index in [4.69, 9.17) is 4.74 Å². The minimum absolute atomic E-state index is 0.265. The SMILES string of the molecule is COc1ccccc1CN(C)S(=O)(=O)c1cc(C)c(Br)s1. The second-order valence-corrected chi connectivity index (χ2v) is 9.24. The lowest BCUT2D eigenvalue weighted by atomic mass is 10.2. The number of methoxy groups -OCH3 is 1. The second-order valence-electron chi connectivity index (χ2n) is 4.60. The van der Waals surface area contributed by atoms with Crippen molar-refractivity contribution >= 4 is 37.3 Å². The van der Waals surface area contributed by atoms with Gasteiger partial charge in [0.25, 0.3) is 10.0 Å². The molecule has 4 nitrogen and oxygen atoms in total. The van der Waals surface area contributed by atoms with Crippen molar-refractivity contribution in [3.8, 4) is 5.75 Å². The highest BCUT2D eigenvalue weighted by Crippen LogP contribution is 2.32. The van der Waals surface area contributed by atoms with Gasteiger partial charge in [-0.3, -0.25) is 0 Å². The first-order valence-corrected chi connectivity index (χ1v) is 9.25. The first-order chi connectivity index (χ1) is 9.86. The molecule has 0 saturated heterocycles. The molecule has 1 aromatic heterocycles. The molecular weight excluding hydrogens is 374 g/mol. The number of benzene rings is 1. The Balaban J connectivity index is 2.28. The molecule has 2 rings (SSSR count). The van der Waals surface area contributed by atoms with Crippen LogP contribution in [0.4, 0.5) is 0 Å². The summed E-state index contributed by atoms with van der Waals surface area (Å²) >= 11 is 4.59.